The molecule has 2 aromatic rings. The maximum atomic E-state index is 5.58. The first-order chi connectivity index (χ1) is 9.29. The Kier molecular flexibility index (Phi) is 4.49. The van der Waals surface area contributed by atoms with Crippen LogP contribution in [0.1, 0.15) is 6.92 Å². The lowest BCUT2D eigenvalue weighted by Crippen LogP contribution is -2.30. The summed E-state index contributed by atoms with van der Waals surface area (Å²) in [6, 6.07) is 5.79. The van der Waals surface area contributed by atoms with E-state index in [1.165, 1.54) is 0 Å². The summed E-state index contributed by atoms with van der Waals surface area (Å²) >= 11 is 0. The molecule has 0 bridgehead atoms. The Labute approximate surface area is 112 Å². The zero-order valence-corrected chi connectivity index (χ0v) is 11.0. The van der Waals surface area contributed by atoms with E-state index in [1.807, 2.05) is 18.2 Å². The van der Waals surface area contributed by atoms with E-state index in [4.69, 9.17) is 5.73 Å². The second-order valence-corrected chi connectivity index (χ2v) is 4.04. The first-order valence-electron chi connectivity index (χ1n) is 6.27. The van der Waals surface area contributed by atoms with Crippen LogP contribution in [0.15, 0.2) is 36.8 Å². The lowest BCUT2D eigenvalue weighted by atomic mass is 10.4. The molecule has 0 aliphatic heterocycles. The van der Waals surface area contributed by atoms with Gasteiger partial charge in [0, 0.05) is 25.8 Å². The molecule has 2 heterocycles. The summed E-state index contributed by atoms with van der Waals surface area (Å²) in [5.41, 5.74) is 6.16. The number of likely N-dealkylation sites (N-methyl/N-ethyl adjacent to an activating group) is 1. The molecule has 0 atom stereocenters. The summed E-state index contributed by atoms with van der Waals surface area (Å²) in [7, 11) is 0. The number of aromatic nitrogens is 3. The van der Waals surface area contributed by atoms with E-state index in [0.29, 0.717) is 11.6 Å². The van der Waals surface area contributed by atoms with E-state index >= 15 is 0 Å². The highest BCUT2D eigenvalue weighted by Gasteiger charge is 2.06. The molecule has 3 N–H and O–H groups in total. The molecular weight excluding hydrogens is 240 g/mol. The van der Waals surface area contributed by atoms with Crippen molar-refractivity contribution in [1.29, 1.82) is 0 Å². The van der Waals surface area contributed by atoms with Gasteiger partial charge in [0.1, 0.15) is 5.82 Å². The number of rotatable bonds is 6. The van der Waals surface area contributed by atoms with Gasteiger partial charge in [0.2, 0.25) is 5.95 Å². The Hall–Kier alpha value is -2.37. The number of pyridine rings is 1. The van der Waals surface area contributed by atoms with Gasteiger partial charge >= 0.3 is 0 Å². The standard InChI is InChI=1S/C13H18N6/c1-2-19(13-17-9-11(14)10-18-13)8-7-16-12-5-3-4-6-15-12/h3-6,9-10H,2,7-8,14H2,1H3,(H,15,16). The maximum absolute atomic E-state index is 5.58. The van der Waals surface area contributed by atoms with Crippen LogP contribution >= 0.6 is 0 Å². The van der Waals surface area contributed by atoms with E-state index in [0.717, 1.165) is 25.5 Å². The van der Waals surface area contributed by atoms with Gasteiger partial charge < -0.3 is 16.0 Å². The molecule has 6 heteroatoms. The summed E-state index contributed by atoms with van der Waals surface area (Å²) in [4.78, 5) is 14.7. The zero-order valence-electron chi connectivity index (χ0n) is 11.0. The van der Waals surface area contributed by atoms with Crippen molar-refractivity contribution in [2.45, 2.75) is 6.92 Å². The van der Waals surface area contributed by atoms with E-state index in [-0.39, 0.29) is 0 Å². The highest BCUT2D eigenvalue weighted by atomic mass is 15.3. The molecule has 0 spiro atoms. The number of nitrogens with one attached hydrogen (secondary N) is 1. The van der Waals surface area contributed by atoms with Gasteiger partial charge in [0.25, 0.3) is 0 Å². The average Bonchev–Trinajstić information content (AvgIpc) is 2.46. The molecule has 0 saturated carbocycles. The van der Waals surface area contributed by atoms with Crippen LogP contribution in [-0.2, 0) is 0 Å². The van der Waals surface area contributed by atoms with Gasteiger partial charge in [-0.05, 0) is 19.1 Å². The largest absolute Gasteiger partial charge is 0.396 e. The highest BCUT2D eigenvalue weighted by Crippen LogP contribution is 2.07. The number of hydrogen-bond acceptors (Lipinski definition) is 6. The van der Waals surface area contributed by atoms with E-state index in [2.05, 4.69) is 32.1 Å². The Bertz CT molecular complexity index is 484. The summed E-state index contributed by atoms with van der Waals surface area (Å²) in [5.74, 6) is 1.57. The summed E-state index contributed by atoms with van der Waals surface area (Å²) in [5, 5.41) is 3.26. The van der Waals surface area contributed by atoms with Crippen molar-refractivity contribution in [2.75, 3.05) is 35.6 Å². The number of anilines is 3. The Morgan fingerprint density at radius 3 is 2.63 bits per heavy atom. The van der Waals surface area contributed by atoms with Gasteiger partial charge in [-0.1, -0.05) is 6.07 Å². The summed E-state index contributed by atoms with van der Waals surface area (Å²) in [6.45, 7) is 4.49. The van der Waals surface area contributed by atoms with Crippen molar-refractivity contribution < 1.29 is 0 Å². The van der Waals surface area contributed by atoms with Crippen molar-refractivity contribution in [2.24, 2.45) is 0 Å². The Morgan fingerprint density at radius 2 is 2.00 bits per heavy atom. The molecule has 2 rings (SSSR count). The molecule has 0 aromatic carbocycles. The van der Waals surface area contributed by atoms with Crippen molar-refractivity contribution in [3.05, 3.63) is 36.8 Å². The molecule has 0 aliphatic rings. The van der Waals surface area contributed by atoms with Crippen molar-refractivity contribution in [1.82, 2.24) is 15.0 Å². The van der Waals surface area contributed by atoms with Gasteiger partial charge in [0.15, 0.2) is 0 Å². The lowest BCUT2D eigenvalue weighted by Gasteiger charge is -2.20. The van der Waals surface area contributed by atoms with Gasteiger partial charge in [-0.2, -0.15) is 0 Å². The predicted octanol–water partition coefficient (Wildman–Crippen LogP) is 1.39. The molecule has 2 aromatic heterocycles. The third-order valence-electron chi connectivity index (χ3n) is 2.68. The Balaban J connectivity index is 1.87. The molecule has 0 unspecified atom stereocenters. The fourth-order valence-electron chi connectivity index (χ4n) is 1.68. The molecule has 19 heavy (non-hydrogen) atoms. The maximum Gasteiger partial charge on any atom is 0.225 e. The van der Waals surface area contributed by atoms with Crippen LogP contribution < -0.4 is 16.0 Å². The van der Waals surface area contributed by atoms with E-state index in [9.17, 15) is 0 Å². The van der Waals surface area contributed by atoms with Crippen LogP contribution in [0.3, 0.4) is 0 Å². The van der Waals surface area contributed by atoms with Gasteiger partial charge in [-0.25, -0.2) is 15.0 Å². The SMILES string of the molecule is CCN(CCNc1ccccn1)c1ncc(N)cn1. The van der Waals surface area contributed by atoms with Crippen molar-refractivity contribution >= 4 is 17.5 Å². The minimum Gasteiger partial charge on any atom is -0.396 e. The number of nitrogen functional groups attached to an aromatic ring is 1. The van der Waals surface area contributed by atoms with Crippen molar-refractivity contribution in [3.8, 4) is 0 Å². The van der Waals surface area contributed by atoms with Gasteiger partial charge in [0.05, 0.1) is 18.1 Å². The predicted molar refractivity (Wildman–Crippen MR) is 77.1 cm³/mol. The lowest BCUT2D eigenvalue weighted by molar-refractivity contribution is 0.796. The fourth-order valence-corrected chi connectivity index (χ4v) is 1.68. The number of nitrogens with zero attached hydrogens (tertiary/aromatic N) is 4. The second kappa shape index (κ2) is 6.53. The van der Waals surface area contributed by atoms with Crippen LogP contribution in [0.5, 0.6) is 0 Å². The van der Waals surface area contributed by atoms with Gasteiger partial charge in [-0.3, -0.25) is 0 Å². The van der Waals surface area contributed by atoms with Gasteiger partial charge in [-0.15, -0.1) is 0 Å². The average molecular weight is 258 g/mol. The molecule has 0 fully saturated rings. The second-order valence-electron chi connectivity index (χ2n) is 4.04. The molecule has 0 saturated heterocycles. The zero-order chi connectivity index (χ0) is 13.5. The van der Waals surface area contributed by atoms with Crippen LogP contribution in [-0.4, -0.2) is 34.6 Å². The fraction of sp³-hybridized carbons (Fsp3) is 0.308. The van der Waals surface area contributed by atoms with Crippen LogP contribution in [0, 0.1) is 0 Å². The van der Waals surface area contributed by atoms with Crippen LogP contribution in [0.2, 0.25) is 0 Å². The number of hydrogen-bond donors (Lipinski definition) is 2. The quantitative estimate of drug-likeness (QED) is 0.815. The Morgan fingerprint density at radius 1 is 1.21 bits per heavy atom. The van der Waals surface area contributed by atoms with E-state index < -0.39 is 0 Å². The normalized spacial score (nSPS) is 10.2. The molecular formula is C13H18N6. The minimum absolute atomic E-state index is 0.575. The number of nitrogens with two attached hydrogens (primary N) is 1. The third-order valence-corrected chi connectivity index (χ3v) is 2.68. The van der Waals surface area contributed by atoms with Crippen LogP contribution in [0.4, 0.5) is 17.5 Å². The molecule has 6 nitrogen and oxygen atoms in total. The molecule has 0 aliphatic carbocycles. The first-order valence-corrected chi connectivity index (χ1v) is 6.27. The first kappa shape index (κ1) is 13.1. The summed E-state index contributed by atoms with van der Waals surface area (Å²) < 4.78 is 0. The van der Waals surface area contributed by atoms with Crippen LogP contribution in [0.25, 0.3) is 0 Å². The van der Waals surface area contributed by atoms with Crippen molar-refractivity contribution in [3.63, 3.8) is 0 Å². The molecule has 0 amide bonds. The van der Waals surface area contributed by atoms with E-state index in [1.54, 1.807) is 18.6 Å². The summed E-state index contributed by atoms with van der Waals surface area (Å²) in [6.07, 6.45) is 5.01. The molecule has 100 valence electrons. The monoisotopic (exact) mass is 258 g/mol. The third kappa shape index (κ3) is 3.80. The topological polar surface area (TPSA) is 80.0 Å². The smallest absolute Gasteiger partial charge is 0.225 e. The molecule has 0 radical (unpaired) electrons. The highest BCUT2D eigenvalue weighted by molar-refractivity contribution is 5.38. The minimum atomic E-state index is 0.575.